The zero-order valence-corrected chi connectivity index (χ0v) is 22.6. The maximum absolute atomic E-state index is 14.7. The molecular formula is C34H33FN2O3. The van der Waals surface area contributed by atoms with E-state index < -0.39 is 6.04 Å². The summed E-state index contributed by atoms with van der Waals surface area (Å²) < 4.78 is 19.1. The van der Waals surface area contributed by atoms with E-state index >= 15 is 0 Å². The van der Waals surface area contributed by atoms with Crippen molar-refractivity contribution in [2.24, 2.45) is 0 Å². The summed E-state index contributed by atoms with van der Waals surface area (Å²) in [6, 6.07) is 32.1. The fourth-order valence-electron chi connectivity index (χ4n) is 5.42. The van der Waals surface area contributed by atoms with Gasteiger partial charge in [0, 0.05) is 25.1 Å². The monoisotopic (exact) mass is 536 g/mol. The quantitative estimate of drug-likeness (QED) is 0.273. The highest BCUT2D eigenvalue weighted by molar-refractivity contribution is 5.97. The van der Waals surface area contributed by atoms with Crippen LogP contribution in [-0.4, -0.2) is 41.3 Å². The molecule has 4 aromatic rings. The van der Waals surface area contributed by atoms with Crippen molar-refractivity contribution in [3.63, 3.8) is 0 Å². The van der Waals surface area contributed by atoms with Gasteiger partial charge in [0.25, 0.3) is 5.91 Å². The number of ether oxygens (including phenoxy) is 1. The molecule has 0 unspecified atom stereocenters. The first kappa shape index (κ1) is 27.1. The lowest BCUT2D eigenvalue weighted by atomic mass is 9.93. The summed E-state index contributed by atoms with van der Waals surface area (Å²) in [4.78, 5) is 32.1. The molecule has 0 aromatic heterocycles. The minimum absolute atomic E-state index is 0.127. The highest BCUT2D eigenvalue weighted by atomic mass is 19.1. The van der Waals surface area contributed by atoms with Gasteiger partial charge >= 0.3 is 0 Å². The molecule has 204 valence electrons. The van der Waals surface area contributed by atoms with Crippen molar-refractivity contribution < 1.29 is 18.7 Å². The Morgan fingerprint density at radius 1 is 0.850 bits per heavy atom. The number of methoxy groups -OCH3 is 1. The zero-order valence-electron chi connectivity index (χ0n) is 22.6. The first-order valence-corrected chi connectivity index (χ1v) is 13.6. The molecule has 1 aliphatic heterocycles. The lowest BCUT2D eigenvalue weighted by Crippen LogP contribution is -2.54. The van der Waals surface area contributed by atoms with Crippen LogP contribution in [0.5, 0.6) is 5.75 Å². The molecular weight excluding hydrogens is 503 g/mol. The fourth-order valence-corrected chi connectivity index (χ4v) is 5.42. The second kappa shape index (κ2) is 12.6. The molecule has 4 aromatic carbocycles. The highest BCUT2D eigenvalue weighted by Crippen LogP contribution is 2.33. The van der Waals surface area contributed by atoms with E-state index in [0.717, 1.165) is 22.4 Å². The Balaban J connectivity index is 1.57. The molecule has 0 N–H and O–H groups in total. The molecule has 2 amide bonds. The minimum Gasteiger partial charge on any atom is -0.497 e. The van der Waals surface area contributed by atoms with E-state index in [-0.39, 0.29) is 23.7 Å². The van der Waals surface area contributed by atoms with Crippen molar-refractivity contribution in [3.05, 3.63) is 137 Å². The molecule has 0 bridgehead atoms. The van der Waals surface area contributed by atoms with Crippen LogP contribution in [0.25, 0.3) is 0 Å². The Bertz CT molecular complexity index is 1410. The normalized spacial score (nSPS) is 17.7. The summed E-state index contributed by atoms with van der Waals surface area (Å²) >= 11 is 0. The van der Waals surface area contributed by atoms with Crippen molar-refractivity contribution >= 4 is 11.8 Å². The molecule has 6 heteroatoms. The smallest absolute Gasteiger partial charge is 0.254 e. The number of carbonyl (C=O) groups excluding carboxylic acids is 2. The van der Waals surface area contributed by atoms with Crippen molar-refractivity contribution in [3.8, 4) is 5.75 Å². The third kappa shape index (κ3) is 6.23. The second-order valence-corrected chi connectivity index (χ2v) is 10.1. The van der Waals surface area contributed by atoms with Crippen molar-refractivity contribution in [2.45, 2.75) is 37.9 Å². The van der Waals surface area contributed by atoms with Gasteiger partial charge in [0.1, 0.15) is 17.6 Å². The van der Waals surface area contributed by atoms with E-state index in [2.05, 4.69) is 0 Å². The van der Waals surface area contributed by atoms with Gasteiger partial charge in [-0.1, -0.05) is 72.8 Å². The van der Waals surface area contributed by atoms with Crippen LogP contribution in [0.4, 0.5) is 4.39 Å². The molecule has 5 rings (SSSR count). The summed E-state index contributed by atoms with van der Waals surface area (Å²) in [7, 11) is 1.63. The zero-order chi connectivity index (χ0) is 27.9. The number of hydrogen-bond donors (Lipinski definition) is 0. The van der Waals surface area contributed by atoms with Gasteiger partial charge in [-0.3, -0.25) is 9.59 Å². The Kier molecular flexibility index (Phi) is 8.55. The molecule has 1 fully saturated rings. The van der Waals surface area contributed by atoms with Crippen LogP contribution < -0.4 is 4.74 Å². The van der Waals surface area contributed by atoms with E-state index in [1.54, 1.807) is 36.3 Å². The first-order chi connectivity index (χ1) is 19.5. The topological polar surface area (TPSA) is 49.9 Å². The van der Waals surface area contributed by atoms with Crippen LogP contribution in [0.15, 0.2) is 109 Å². The second-order valence-electron chi connectivity index (χ2n) is 10.1. The highest BCUT2D eigenvalue weighted by Gasteiger charge is 2.38. The standard InChI is InChI=1S/C34H33FN2O3/c1-40-30-20-16-27(17-21-30)31-13-8-22-36(33(38)28-11-6-3-7-12-28)32(23-25-9-4-2-5-10-25)34(39)37(31)24-26-14-18-29(35)19-15-26/h2-7,9-12,14-21,31-32H,8,13,22-24H2,1H3/t31-,32-/m1/s1. The number of carbonyl (C=O) groups is 2. The average Bonchev–Trinajstić information content (AvgIpc) is 3.00. The number of halogens is 1. The van der Waals surface area contributed by atoms with Gasteiger partial charge in [0.15, 0.2) is 0 Å². The van der Waals surface area contributed by atoms with Crippen molar-refractivity contribution in [2.75, 3.05) is 13.7 Å². The van der Waals surface area contributed by atoms with E-state index in [9.17, 15) is 14.0 Å². The summed E-state index contributed by atoms with van der Waals surface area (Å²) in [6.45, 7) is 0.766. The SMILES string of the molecule is COc1ccc([C@H]2CCCN(C(=O)c3ccccc3)[C@H](Cc3ccccc3)C(=O)N2Cc2ccc(F)cc2)cc1. The lowest BCUT2D eigenvalue weighted by Gasteiger charge is -2.41. The molecule has 40 heavy (non-hydrogen) atoms. The van der Waals surface area contributed by atoms with Crippen LogP contribution in [0, 0.1) is 5.82 Å². The van der Waals surface area contributed by atoms with Crippen LogP contribution in [0.1, 0.15) is 45.9 Å². The Morgan fingerprint density at radius 3 is 2.15 bits per heavy atom. The molecule has 0 saturated carbocycles. The third-order valence-electron chi connectivity index (χ3n) is 7.52. The average molecular weight is 537 g/mol. The van der Waals surface area contributed by atoms with Gasteiger partial charge in [-0.25, -0.2) is 4.39 Å². The Hall–Kier alpha value is -4.45. The van der Waals surface area contributed by atoms with Crippen LogP contribution in [0.2, 0.25) is 0 Å². The van der Waals surface area contributed by atoms with Crippen molar-refractivity contribution in [1.82, 2.24) is 9.80 Å². The van der Waals surface area contributed by atoms with Crippen LogP contribution in [-0.2, 0) is 17.8 Å². The Labute approximate surface area is 234 Å². The molecule has 1 heterocycles. The van der Waals surface area contributed by atoms with Gasteiger partial charge in [-0.05, 0) is 65.9 Å². The van der Waals surface area contributed by atoms with Crippen molar-refractivity contribution in [1.29, 1.82) is 0 Å². The Morgan fingerprint density at radius 2 is 1.50 bits per heavy atom. The number of benzene rings is 4. The van der Waals surface area contributed by atoms with E-state index in [1.807, 2.05) is 77.7 Å². The number of amides is 2. The third-order valence-corrected chi connectivity index (χ3v) is 7.52. The predicted octanol–water partition coefficient (Wildman–Crippen LogP) is 6.45. The predicted molar refractivity (Wildman–Crippen MR) is 153 cm³/mol. The van der Waals surface area contributed by atoms with Gasteiger partial charge in [0.05, 0.1) is 13.2 Å². The number of nitrogens with zero attached hydrogens (tertiary/aromatic N) is 2. The van der Waals surface area contributed by atoms with E-state index in [1.165, 1.54) is 12.1 Å². The molecule has 0 radical (unpaired) electrons. The molecule has 1 aliphatic rings. The van der Waals surface area contributed by atoms with E-state index in [4.69, 9.17) is 4.74 Å². The number of hydrogen-bond acceptors (Lipinski definition) is 3. The number of rotatable bonds is 7. The summed E-state index contributed by atoms with van der Waals surface area (Å²) in [5.41, 5.74) is 3.37. The summed E-state index contributed by atoms with van der Waals surface area (Å²) in [5.74, 6) is 0.140. The fraction of sp³-hybridized carbons (Fsp3) is 0.235. The van der Waals surface area contributed by atoms with Crippen LogP contribution >= 0.6 is 0 Å². The van der Waals surface area contributed by atoms with Gasteiger partial charge in [-0.15, -0.1) is 0 Å². The maximum atomic E-state index is 14.7. The first-order valence-electron chi connectivity index (χ1n) is 13.6. The van der Waals surface area contributed by atoms with Gasteiger partial charge in [-0.2, -0.15) is 0 Å². The maximum Gasteiger partial charge on any atom is 0.254 e. The van der Waals surface area contributed by atoms with Gasteiger partial charge in [0.2, 0.25) is 5.91 Å². The molecule has 2 atom stereocenters. The van der Waals surface area contributed by atoms with Gasteiger partial charge < -0.3 is 14.5 Å². The summed E-state index contributed by atoms with van der Waals surface area (Å²) in [6.07, 6.45) is 1.79. The van der Waals surface area contributed by atoms with Crippen LogP contribution in [0.3, 0.4) is 0 Å². The molecule has 5 nitrogen and oxygen atoms in total. The van der Waals surface area contributed by atoms with E-state index in [0.29, 0.717) is 37.9 Å². The summed E-state index contributed by atoms with van der Waals surface area (Å²) in [5, 5.41) is 0. The minimum atomic E-state index is -0.698. The molecule has 1 saturated heterocycles. The lowest BCUT2D eigenvalue weighted by molar-refractivity contribution is -0.141. The largest absolute Gasteiger partial charge is 0.497 e. The molecule has 0 spiro atoms. The molecule has 0 aliphatic carbocycles.